The fraction of sp³-hybridized carbons (Fsp3) is 0.368. The van der Waals surface area contributed by atoms with Crippen LogP contribution >= 0.6 is 0 Å². The summed E-state index contributed by atoms with van der Waals surface area (Å²) >= 11 is 0. The Labute approximate surface area is 159 Å². The molecule has 0 unspecified atom stereocenters. The van der Waals surface area contributed by atoms with Gasteiger partial charge in [0.25, 0.3) is 5.91 Å². The molecule has 2 aromatic rings. The van der Waals surface area contributed by atoms with Gasteiger partial charge in [0.2, 0.25) is 5.91 Å². The van der Waals surface area contributed by atoms with Crippen LogP contribution in [0.4, 0.5) is 19.0 Å². The molecule has 0 spiro atoms. The Morgan fingerprint density at radius 3 is 2.32 bits per heavy atom. The summed E-state index contributed by atoms with van der Waals surface area (Å²) in [5.41, 5.74) is 0.253. The number of carbonyl (C=O) groups excluding carboxylic acids is 2. The predicted molar refractivity (Wildman–Crippen MR) is 95.7 cm³/mol. The van der Waals surface area contributed by atoms with E-state index in [4.69, 9.17) is 0 Å². The van der Waals surface area contributed by atoms with Crippen molar-refractivity contribution in [1.82, 2.24) is 14.9 Å². The molecule has 1 N–H and O–H groups in total. The van der Waals surface area contributed by atoms with Crippen molar-refractivity contribution in [3.8, 4) is 0 Å². The Balaban J connectivity index is 1.62. The highest BCUT2D eigenvalue weighted by Crippen LogP contribution is 2.30. The van der Waals surface area contributed by atoms with Crippen LogP contribution in [-0.4, -0.2) is 39.8 Å². The van der Waals surface area contributed by atoms with Gasteiger partial charge in [-0.25, -0.2) is 9.97 Å². The standard InChI is InChI=1S/C19H19F3N4O2/c1-12(27)25-17-10-16(23-11-24-17)13-6-8-26(9-7-13)18(28)14-2-4-15(5-3-14)19(20,21)22/h2-5,10-11,13H,6-9H2,1H3,(H,23,24,25,27). The number of hydrogen-bond donors (Lipinski definition) is 1. The van der Waals surface area contributed by atoms with Crippen LogP contribution < -0.4 is 5.32 Å². The molecule has 148 valence electrons. The average molecular weight is 392 g/mol. The number of amides is 2. The monoisotopic (exact) mass is 392 g/mol. The summed E-state index contributed by atoms with van der Waals surface area (Å²) in [5.74, 6) is 0.0447. The Morgan fingerprint density at radius 2 is 1.75 bits per heavy atom. The second-order valence-corrected chi connectivity index (χ2v) is 6.65. The number of nitrogens with one attached hydrogen (secondary N) is 1. The fourth-order valence-electron chi connectivity index (χ4n) is 3.21. The zero-order valence-corrected chi connectivity index (χ0v) is 15.2. The maximum absolute atomic E-state index is 12.6. The largest absolute Gasteiger partial charge is 0.416 e. The second-order valence-electron chi connectivity index (χ2n) is 6.65. The summed E-state index contributed by atoms with van der Waals surface area (Å²) < 4.78 is 37.9. The van der Waals surface area contributed by atoms with Crippen molar-refractivity contribution in [1.29, 1.82) is 0 Å². The molecule has 1 aromatic carbocycles. The van der Waals surface area contributed by atoms with Crippen LogP contribution in [-0.2, 0) is 11.0 Å². The SMILES string of the molecule is CC(=O)Nc1cc(C2CCN(C(=O)c3ccc(C(F)(F)F)cc3)CC2)ncn1. The maximum Gasteiger partial charge on any atom is 0.416 e. The molecular formula is C19H19F3N4O2. The summed E-state index contributed by atoms with van der Waals surface area (Å²) in [6.07, 6.45) is -1.69. The van der Waals surface area contributed by atoms with Gasteiger partial charge >= 0.3 is 6.18 Å². The number of likely N-dealkylation sites (tertiary alicyclic amines) is 1. The Kier molecular flexibility index (Phi) is 5.62. The minimum Gasteiger partial charge on any atom is -0.339 e. The van der Waals surface area contributed by atoms with E-state index in [-0.39, 0.29) is 23.3 Å². The smallest absolute Gasteiger partial charge is 0.339 e. The van der Waals surface area contributed by atoms with Gasteiger partial charge in [-0.2, -0.15) is 13.2 Å². The number of carbonyl (C=O) groups is 2. The number of alkyl halides is 3. The van der Waals surface area contributed by atoms with Crippen LogP contribution in [0.2, 0.25) is 0 Å². The summed E-state index contributed by atoms with van der Waals surface area (Å²) in [7, 11) is 0. The number of rotatable bonds is 3. The molecule has 1 aromatic heterocycles. The molecule has 0 saturated carbocycles. The molecule has 9 heteroatoms. The highest BCUT2D eigenvalue weighted by Gasteiger charge is 2.31. The van der Waals surface area contributed by atoms with Crippen molar-refractivity contribution in [3.63, 3.8) is 0 Å². The molecule has 6 nitrogen and oxygen atoms in total. The van der Waals surface area contributed by atoms with Gasteiger partial charge in [-0.1, -0.05) is 0 Å². The normalized spacial score (nSPS) is 15.4. The number of hydrogen-bond acceptors (Lipinski definition) is 4. The average Bonchev–Trinajstić information content (AvgIpc) is 2.67. The van der Waals surface area contributed by atoms with E-state index in [1.165, 1.54) is 25.4 Å². The lowest BCUT2D eigenvalue weighted by Gasteiger charge is -2.32. The van der Waals surface area contributed by atoms with Crippen molar-refractivity contribution in [2.45, 2.75) is 31.9 Å². The lowest BCUT2D eigenvalue weighted by atomic mass is 9.93. The third-order valence-electron chi connectivity index (χ3n) is 4.65. The van der Waals surface area contributed by atoms with Gasteiger partial charge in [-0.05, 0) is 37.1 Å². The second kappa shape index (κ2) is 7.95. The molecule has 1 fully saturated rings. The van der Waals surface area contributed by atoms with Crippen molar-refractivity contribution in [2.75, 3.05) is 18.4 Å². The summed E-state index contributed by atoms with van der Waals surface area (Å²) in [6.45, 7) is 2.35. The molecule has 1 saturated heterocycles. The Hall–Kier alpha value is -2.97. The molecule has 2 amide bonds. The van der Waals surface area contributed by atoms with E-state index in [2.05, 4.69) is 15.3 Å². The zero-order chi connectivity index (χ0) is 20.3. The first kappa shape index (κ1) is 19.8. The topological polar surface area (TPSA) is 75.2 Å². The lowest BCUT2D eigenvalue weighted by molar-refractivity contribution is -0.137. The van der Waals surface area contributed by atoms with E-state index in [0.717, 1.165) is 17.8 Å². The maximum atomic E-state index is 12.6. The van der Waals surface area contributed by atoms with Crippen LogP contribution in [0.5, 0.6) is 0 Å². The first-order chi connectivity index (χ1) is 13.2. The van der Waals surface area contributed by atoms with Crippen LogP contribution in [0.15, 0.2) is 36.7 Å². The van der Waals surface area contributed by atoms with Crippen LogP contribution in [0.25, 0.3) is 0 Å². The molecule has 1 aliphatic heterocycles. The fourth-order valence-corrected chi connectivity index (χ4v) is 3.21. The molecule has 3 rings (SSSR count). The highest BCUT2D eigenvalue weighted by molar-refractivity contribution is 5.94. The summed E-state index contributed by atoms with van der Waals surface area (Å²) in [5, 5.41) is 2.61. The van der Waals surface area contributed by atoms with Crippen LogP contribution in [0.3, 0.4) is 0 Å². The number of piperidine rings is 1. The van der Waals surface area contributed by atoms with Crippen molar-refractivity contribution < 1.29 is 22.8 Å². The van der Waals surface area contributed by atoms with Crippen molar-refractivity contribution >= 4 is 17.6 Å². The van der Waals surface area contributed by atoms with E-state index in [0.29, 0.717) is 31.7 Å². The molecule has 2 heterocycles. The quantitative estimate of drug-likeness (QED) is 0.868. The molecule has 0 radical (unpaired) electrons. The van der Waals surface area contributed by atoms with Gasteiger partial charge in [0.1, 0.15) is 12.1 Å². The summed E-state index contributed by atoms with van der Waals surface area (Å²) in [6, 6.07) is 5.98. The third kappa shape index (κ3) is 4.65. The molecule has 0 aliphatic carbocycles. The number of nitrogens with zero attached hydrogens (tertiary/aromatic N) is 3. The van der Waals surface area contributed by atoms with E-state index >= 15 is 0 Å². The van der Waals surface area contributed by atoms with E-state index in [1.54, 1.807) is 11.0 Å². The molecule has 28 heavy (non-hydrogen) atoms. The van der Waals surface area contributed by atoms with E-state index < -0.39 is 11.7 Å². The van der Waals surface area contributed by atoms with Gasteiger partial charge in [0.15, 0.2) is 0 Å². The van der Waals surface area contributed by atoms with Crippen LogP contribution in [0.1, 0.15) is 47.3 Å². The number of aromatic nitrogens is 2. The number of halogens is 3. The highest BCUT2D eigenvalue weighted by atomic mass is 19.4. The minimum atomic E-state index is -4.42. The van der Waals surface area contributed by atoms with Crippen molar-refractivity contribution in [2.24, 2.45) is 0 Å². The minimum absolute atomic E-state index is 0.118. The van der Waals surface area contributed by atoms with Crippen LogP contribution in [0, 0.1) is 0 Å². The number of anilines is 1. The van der Waals surface area contributed by atoms with Gasteiger partial charge < -0.3 is 10.2 Å². The summed E-state index contributed by atoms with van der Waals surface area (Å²) in [4.78, 5) is 33.6. The molecule has 0 atom stereocenters. The van der Waals surface area contributed by atoms with Crippen molar-refractivity contribution in [3.05, 3.63) is 53.5 Å². The zero-order valence-electron chi connectivity index (χ0n) is 15.2. The lowest BCUT2D eigenvalue weighted by Crippen LogP contribution is -2.38. The predicted octanol–water partition coefficient (Wildman–Crippen LogP) is 3.47. The molecule has 0 bridgehead atoms. The molecular weight excluding hydrogens is 373 g/mol. The Morgan fingerprint density at radius 1 is 1.11 bits per heavy atom. The third-order valence-corrected chi connectivity index (χ3v) is 4.65. The van der Waals surface area contributed by atoms with E-state index in [9.17, 15) is 22.8 Å². The molecule has 1 aliphatic rings. The number of benzene rings is 1. The first-order valence-electron chi connectivity index (χ1n) is 8.80. The first-order valence-corrected chi connectivity index (χ1v) is 8.80. The van der Waals surface area contributed by atoms with Gasteiger partial charge in [-0.3, -0.25) is 9.59 Å². The Bertz CT molecular complexity index is 860. The van der Waals surface area contributed by atoms with Gasteiger partial charge in [0, 0.05) is 43.3 Å². The van der Waals surface area contributed by atoms with Gasteiger partial charge in [-0.15, -0.1) is 0 Å². The van der Waals surface area contributed by atoms with Gasteiger partial charge in [0.05, 0.1) is 5.56 Å². The van der Waals surface area contributed by atoms with E-state index in [1.807, 2.05) is 0 Å².